The number of hydrogen-bond donors (Lipinski definition) is 6. The number of nitrogens with one attached hydrogen (secondary N) is 2. The fraction of sp³-hybridized carbons (Fsp3) is 0.667. The standard InChI is InChI=1S/C12H22N4O6/c1-5(10(19)16-9(6(2)17)12(21)22)15-11(20)7(13)3-4-8(14)18/h5-7,9,17H,3-4,13H2,1-2H3,(H2,14,18)(H,15,20)(H,16,19)(H,21,22). The molecule has 0 aromatic carbocycles. The zero-order valence-corrected chi connectivity index (χ0v) is 12.4. The second-order valence-electron chi connectivity index (χ2n) is 4.91. The van der Waals surface area contributed by atoms with E-state index >= 15 is 0 Å². The van der Waals surface area contributed by atoms with Crippen molar-refractivity contribution in [1.82, 2.24) is 10.6 Å². The van der Waals surface area contributed by atoms with Gasteiger partial charge in [-0.3, -0.25) is 14.4 Å². The number of carboxylic acids is 1. The summed E-state index contributed by atoms with van der Waals surface area (Å²) < 4.78 is 0. The molecule has 4 atom stereocenters. The molecule has 0 radical (unpaired) electrons. The molecule has 10 heteroatoms. The lowest BCUT2D eigenvalue weighted by atomic mass is 10.1. The van der Waals surface area contributed by atoms with E-state index in [9.17, 15) is 24.3 Å². The van der Waals surface area contributed by atoms with Crippen LogP contribution in [0.1, 0.15) is 26.7 Å². The van der Waals surface area contributed by atoms with Crippen molar-refractivity contribution in [3.8, 4) is 0 Å². The quantitative estimate of drug-likeness (QED) is 0.262. The van der Waals surface area contributed by atoms with Crippen LogP contribution in [-0.4, -0.2) is 58.1 Å². The summed E-state index contributed by atoms with van der Waals surface area (Å²) in [5.74, 6) is -3.47. The van der Waals surface area contributed by atoms with Crippen molar-refractivity contribution in [3.63, 3.8) is 0 Å². The summed E-state index contributed by atoms with van der Waals surface area (Å²) in [6, 6.07) is -3.57. The van der Waals surface area contributed by atoms with E-state index in [0.29, 0.717) is 0 Å². The Bertz CT molecular complexity index is 439. The number of amides is 3. The third kappa shape index (κ3) is 6.99. The molecule has 0 spiro atoms. The van der Waals surface area contributed by atoms with Crippen LogP contribution in [0.3, 0.4) is 0 Å². The van der Waals surface area contributed by atoms with Gasteiger partial charge in [-0.15, -0.1) is 0 Å². The van der Waals surface area contributed by atoms with E-state index in [1.165, 1.54) is 13.8 Å². The molecular formula is C12H22N4O6. The van der Waals surface area contributed by atoms with Gasteiger partial charge in [0.15, 0.2) is 6.04 Å². The van der Waals surface area contributed by atoms with Crippen LogP contribution in [0.5, 0.6) is 0 Å². The Balaban J connectivity index is 4.48. The van der Waals surface area contributed by atoms with Gasteiger partial charge in [-0.05, 0) is 20.3 Å². The van der Waals surface area contributed by atoms with E-state index in [4.69, 9.17) is 16.6 Å². The van der Waals surface area contributed by atoms with Gasteiger partial charge >= 0.3 is 5.97 Å². The average Bonchev–Trinajstić information content (AvgIpc) is 2.40. The molecule has 0 saturated heterocycles. The Morgan fingerprint density at radius 1 is 1.09 bits per heavy atom. The molecule has 0 aromatic rings. The Hall–Kier alpha value is -2.20. The summed E-state index contributed by atoms with van der Waals surface area (Å²) in [5.41, 5.74) is 10.5. The Labute approximate surface area is 127 Å². The SMILES string of the molecule is CC(NC(=O)C(N)CCC(N)=O)C(=O)NC(C(=O)O)C(C)O. The zero-order chi connectivity index (χ0) is 17.4. The Morgan fingerprint density at radius 3 is 2.05 bits per heavy atom. The van der Waals surface area contributed by atoms with Crippen molar-refractivity contribution in [2.75, 3.05) is 0 Å². The van der Waals surface area contributed by atoms with Crippen LogP contribution in [0.4, 0.5) is 0 Å². The predicted molar refractivity (Wildman–Crippen MR) is 75.3 cm³/mol. The van der Waals surface area contributed by atoms with Crippen molar-refractivity contribution in [3.05, 3.63) is 0 Å². The van der Waals surface area contributed by atoms with Gasteiger partial charge in [0.1, 0.15) is 6.04 Å². The van der Waals surface area contributed by atoms with Gasteiger partial charge in [-0.25, -0.2) is 4.79 Å². The fourth-order valence-electron chi connectivity index (χ4n) is 1.48. The molecule has 0 aliphatic heterocycles. The number of aliphatic carboxylic acids is 1. The lowest BCUT2D eigenvalue weighted by molar-refractivity contribution is -0.145. The summed E-state index contributed by atoms with van der Waals surface area (Å²) >= 11 is 0. The van der Waals surface area contributed by atoms with Crippen LogP contribution in [0, 0.1) is 0 Å². The molecule has 0 aliphatic carbocycles. The van der Waals surface area contributed by atoms with E-state index in [1.54, 1.807) is 0 Å². The molecule has 3 amide bonds. The molecule has 0 saturated carbocycles. The van der Waals surface area contributed by atoms with E-state index in [1.807, 2.05) is 0 Å². The number of carboxylic acid groups (broad SMARTS) is 1. The van der Waals surface area contributed by atoms with Gasteiger partial charge in [0.25, 0.3) is 0 Å². The monoisotopic (exact) mass is 318 g/mol. The smallest absolute Gasteiger partial charge is 0.328 e. The summed E-state index contributed by atoms with van der Waals surface area (Å²) in [6.45, 7) is 2.54. The maximum Gasteiger partial charge on any atom is 0.328 e. The van der Waals surface area contributed by atoms with Gasteiger partial charge in [0, 0.05) is 6.42 Å². The fourth-order valence-corrected chi connectivity index (χ4v) is 1.48. The second-order valence-corrected chi connectivity index (χ2v) is 4.91. The van der Waals surface area contributed by atoms with Crippen LogP contribution in [0.2, 0.25) is 0 Å². The molecule has 10 nitrogen and oxygen atoms in total. The number of primary amides is 1. The minimum Gasteiger partial charge on any atom is -0.480 e. The van der Waals surface area contributed by atoms with Crippen LogP contribution in [0.15, 0.2) is 0 Å². The van der Waals surface area contributed by atoms with Crippen LogP contribution < -0.4 is 22.1 Å². The molecule has 0 aromatic heterocycles. The van der Waals surface area contributed by atoms with Crippen molar-refractivity contribution in [2.45, 2.75) is 50.9 Å². The van der Waals surface area contributed by atoms with Crippen molar-refractivity contribution in [1.29, 1.82) is 0 Å². The lowest BCUT2D eigenvalue weighted by Gasteiger charge is -2.21. The Kier molecular flexibility index (Phi) is 8.05. The maximum atomic E-state index is 11.8. The highest BCUT2D eigenvalue weighted by atomic mass is 16.4. The first-order chi connectivity index (χ1) is 10.1. The van der Waals surface area contributed by atoms with Gasteiger partial charge < -0.3 is 32.3 Å². The van der Waals surface area contributed by atoms with Gasteiger partial charge in [-0.1, -0.05) is 0 Å². The lowest BCUT2D eigenvalue weighted by Crippen LogP contribution is -2.55. The second kappa shape index (κ2) is 8.95. The molecule has 8 N–H and O–H groups in total. The number of carbonyl (C=O) groups excluding carboxylic acids is 3. The summed E-state index contributed by atoms with van der Waals surface area (Å²) in [7, 11) is 0. The first kappa shape index (κ1) is 19.8. The molecule has 0 aliphatic rings. The van der Waals surface area contributed by atoms with E-state index in [0.717, 1.165) is 0 Å². The summed E-state index contributed by atoms with van der Waals surface area (Å²) in [4.78, 5) is 44.9. The number of aliphatic hydroxyl groups excluding tert-OH is 1. The predicted octanol–water partition coefficient (Wildman–Crippen LogP) is -2.97. The molecule has 0 heterocycles. The third-order valence-corrected chi connectivity index (χ3v) is 2.84. The van der Waals surface area contributed by atoms with E-state index in [2.05, 4.69) is 10.6 Å². The third-order valence-electron chi connectivity index (χ3n) is 2.84. The Morgan fingerprint density at radius 2 is 1.64 bits per heavy atom. The van der Waals surface area contributed by atoms with Crippen LogP contribution >= 0.6 is 0 Å². The molecule has 126 valence electrons. The van der Waals surface area contributed by atoms with Crippen molar-refractivity contribution < 1.29 is 29.4 Å². The molecule has 22 heavy (non-hydrogen) atoms. The average molecular weight is 318 g/mol. The minimum absolute atomic E-state index is 0.0287. The van der Waals surface area contributed by atoms with E-state index < -0.39 is 47.9 Å². The van der Waals surface area contributed by atoms with Gasteiger partial charge in [-0.2, -0.15) is 0 Å². The first-order valence-electron chi connectivity index (χ1n) is 6.61. The molecule has 0 rings (SSSR count). The first-order valence-corrected chi connectivity index (χ1v) is 6.61. The van der Waals surface area contributed by atoms with Crippen LogP contribution in [0.25, 0.3) is 0 Å². The van der Waals surface area contributed by atoms with Crippen molar-refractivity contribution in [2.24, 2.45) is 11.5 Å². The number of nitrogens with two attached hydrogens (primary N) is 2. The molecule has 0 bridgehead atoms. The van der Waals surface area contributed by atoms with Gasteiger partial charge in [0.05, 0.1) is 12.1 Å². The number of aliphatic hydroxyl groups is 1. The van der Waals surface area contributed by atoms with E-state index in [-0.39, 0.29) is 12.8 Å². The zero-order valence-electron chi connectivity index (χ0n) is 12.4. The normalized spacial score (nSPS) is 16.0. The highest BCUT2D eigenvalue weighted by Gasteiger charge is 2.28. The number of carbonyl (C=O) groups is 4. The summed E-state index contributed by atoms with van der Waals surface area (Å²) in [5, 5.41) is 22.5. The molecular weight excluding hydrogens is 296 g/mol. The summed E-state index contributed by atoms with van der Waals surface area (Å²) in [6.07, 6.45) is -1.35. The maximum absolute atomic E-state index is 11.8. The minimum atomic E-state index is -1.49. The topological polar surface area (TPSA) is 185 Å². The number of hydrogen-bond acceptors (Lipinski definition) is 6. The van der Waals surface area contributed by atoms with Crippen LogP contribution in [-0.2, 0) is 19.2 Å². The molecule has 4 unspecified atom stereocenters. The molecule has 0 fully saturated rings. The van der Waals surface area contributed by atoms with Gasteiger partial charge in [0.2, 0.25) is 17.7 Å². The highest BCUT2D eigenvalue weighted by Crippen LogP contribution is 1.97. The number of rotatable bonds is 9. The highest BCUT2D eigenvalue weighted by molar-refractivity contribution is 5.91. The van der Waals surface area contributed by atoms with Crippen molar-refractivity contribution >= 4 is 23.7 Å². The largest absolute Gasteiger partial charge is 0.480 e.